The largest absolute Gasteiger partial charge is 0.308 e. The smallest absolute Gasteiger partial charge is 0.160 e. The van der Waals surface area contributed by atoms with Gasteiger partial charge in [0.15, 0.2) is 5.65 Å². The van der Waals surface area contributed by atoms with Crippen LogP contribution in [0.3, 0.4) is 0 Å². The monoisotopic (exact) mass is 485 g/mol. The van der Waals surface area contributed by atoms with Crippen LogP contribution >= 0.6 is 0 Å². The summed E-state index contributed by atoms with van der Waals surface area (Å²) in [6.07, 6.45) is 13.6. The molecule has 0 atom stereocenters. The number of aryl methyl sites for hydroxylation is 3. The summed E-state index contributed by atoms with van der Waals surface area (Å²) in [5, 5.41) is 0. The normalized spacial score (nSPS) is 18.5. The van der Waals surface area contributed by atoms with Gasteiger partial charge in [-0.25, -0.2) is 9.97 Å². The second-order valence-corrected chi connectivity index (χ2v) is 10.8. The van der Waals surface area contributed by atoms with Crippen molar-refractivity contribution < 1.29 is 0 Å². The first kappa shape index (κ1) is 25.2. The molecule has 5 heteroatoms. The van der Waals surface area contributed by atoms with Gasteiger partial charge < -0.3 is 14.4 Å². The number of benzene rings is 1. The molecule has 2 fully saturated rings. The molecule has 0 saturated carbocycles. The molecule has 2 saturated heterocycles. The van der Waals surface area contributed by atoms with Gasteiger partial charge in [0.05, 0.1) is 6.54 Å². The third kappa shape index (κ3) is 5.90. The van der Waals surface area contributed by atoms with Crippen LogP contribution in [0.15, 0.2) is 36.4 Å². The first-order valence-electron chi connectivity index (χ1n) is 14.2. The van der Waals surface area contributed by atoms with E-state index in [0.29, 0.717) is 0 Å². The molecule has 192 valence electrons. The first-order valence-corrected chi connectivity index (χ1v) is 14.2. The lowest BCUT2D eigenvalue weighted by molar-refractivity contribution is 0.0934. The minimum Gasteiger partial charge on any atom is -0.308 e. The third-order valence-electron chi connectivity index (χ3n) is 8.12. The average molecular weight is 486 g/mol. The van der Waals surface area contributed by atoms with Crippen molar-refractivity contribution in [3.05, 3.63) is 64.6 Å². The minimum atomic E-state index is 0.812. The van der Waals surface area contributed by atoms with E-state index in [4.69, 9.17) is 9.97 Å². The predicted octanol–water partition coefficient (Wildman–Crippen LogP) is 6.01. The number of rotatable bonds is 8. The summed E-state index contributed by atoms with van der Waals surface area (Å²) in [4.78, 5) is 15.1. The topological polar surface area (TPSA) is 37.2 Å². The Morgan fingerprint density at radius 3 is 2.42 bits per heavy atom. The molecule has 0 bridgehead atoms. The average Bonchev–Trinajstić information content (AvgIpc) is 3.26. The fourth-order valence-corrected chi connectivity index (χ4v) is 6.07. The standard InChI is InChI=1S/C31H43N5/c1-4-29-33-30-24(2)22-25(3)32-31(30)36(29)23-27-13-11-26(12-14-27)10-6-9-17-34-20-15-28(16-21-34)35-18-7-5-8-19-35/h6,10-14,22,28H,4-5,7-9,15-21,23H2,1-3H3. The van der Waals surface area contributed by atoms with E-state index >= 15 is 0 Å². The Bertz CT molecular complexity index is 1160. The van der Waals surface area contributed by atoms with Crippen LogP contribution in [0.5, 0.6) is 0 Å². The number of pyridine rings is 1. The zero-order valence-corrected chi connectivity index (χ0v) is 22.5. The lowest BCUT2D eigenvalue weighted by Crippen LogP contribution is -2.46. The molecular formula is C31H43N5. The zero-order valence-electron chi connectivity index (χ0n) is 22.5. The molecule has 4 heterocycles. The predicted molar refractivity (Wildman–Crippen MR) is 150 cm³/mol. The van der Waals surface area contributed by atoms with E-state index < -0.39 is 0 Å². The second kappa shape index (κ2) is 11.7. The molecule has 2 aromatic heterocycles. The van der Waals surface area contributed by atoms with Crippen LogP contribution in [0.25, 0.3) is 17.2 Å². The molecular weight excluding hydrogens is 442 g/mol. The number of hydrogen-bond acceptors (Lipinski definition) is 4. The number of imidazole rings is 1. The zero-order chi connectivity index (χ0) is 24.9. The van der Waals surface area contributed by atoms with Gasteiger partial charge in [-0.15, -0.1) is 0 Å². The molecule has 3 aromatic rings. The van der Waals surface area contributed by atoms with Crippen molar-refractivity contribution in [2.24, 2.45) is 0 Å². The molecule has 0 aliphatic carbocycles. The molecule has 2 aliphatic rings. The maximum atomic E-state index is 4.88. The van der Waals surface area contributed by atoms with Crippen LogP contribution in [0.1, 0.15) is 73.7 Å². The fraction of sp³-hybridized carbons (Fsp3) is 0.548. The quantitative estimate of drug-likeness (QED) is 0.391. The molecule has 0 radical (unpaired) electrons. The summed E-state index contributed by atoms with van der Waals surface area (Å²) < 4.78 is 2.29. The first-order chi connectivity index (χ1) is 17.6. The highest BCUT2D eigenvalue weighted by atomic mass is 15.2. The van der Waals surface area contributed by atoms with Gasteiger partial charge >= 0.3 is 0 Å². The van der Waals surface area contributed by atoms with Crippen molar-refractivity contribution in [2.45, 2.75) is 78.3 Å². The van der Waals surface area contributed by atoms with Gasteiger partial charge in [0, 0.05) is 24.7 Å². The van der Waals surface area contributed by atoms with Gasteiger partial charge in [-0.1, -0.05) is 49.8 Å². The summed E-state index contributed by atoms with van der Waals surface area (Å²) >= 11 is 0. The highest BCUT2D eigenvalue weighted by molar-refractivity contribution is 5.76. The van der Waals surface area contributed by atoms with Crippen molar-refractivity contribution >= 4 is 17.2 Å². The Kier molecular flexibility index (Phi) is 8.18. The summed E-state index contributed by atoms with van der Waals surface area (Å²) in [6, 6.07) is 11.9. The molecule has 5 nitrogen and oxygen atoms in total. The Hall–Kier alpha value is -2.50. The van der Waals surface area contributed by atoms with Crippen molar-refractivity contribution in [3.8, 4) is 0 Å². The van der Waals surface area contributed by atoms with Crippen molar-refractivity contribution in [1.29, 1.82) is 0 Å². The van der Waals surface area contributed by atoms with Crippen molar-refractivity contribution in [3.63, 3.8) is 0 Å². The van der Waals surface area contributed by atoms with E-state index in [-0.39, 0.29) is 0 Å². The summed E-state index contributed by atoms with van der Waals surface area (Å²) in [6.45, 7) is 13.6. The van der Waals surface area contributed by atoms with E-state index in [0.717, 1.165) is 48.1 Å². The second-order valence-electron chi connectivity index (χ2n) is 10.8. The van der Waals surface area contributed by atoms with Crippen LogP contribution in [-0.2, 0) is 13.0 Å². The molecule has 1 aromatic carbocycles. The van der Waals surface area contributed by atoms with Gasteiger partial charge in [-0.2, -0.15) is 0 Å². The number of nitrogens with zero attached hydrogens (tertiary/aromatic N) is 5. The SMILES string of the molecule is CCc1nc2c(C)cc(C)nc2n1Cc1ccc(C=CCCN2CCC(N3CCCCC3)CC2)cc1. The van der Waals surface area contributed by atoms with Crippen LogP contribution in [0.4, 0.5) is 0 Å². The lowest BCUT2D eigenvalue weighted by Gasteiger charge is -2.40. The van der Waals surface area contributed by atoms with Gasteiger partial charge in [0.2, 0.25) is 0 Å². The number of fused-ring (bicyclic) bond motifs is 1. The van der Waals surface area contributed by atoms with Gasteiger partial charge in [-0.3, -0.25) is 0 Å². The molecule has 0 unspecified atom stereocenters. The van der Waals surface area contributed by atoms with E-state index in [1.54, 1.807) is 0 Å². The highest BCUT2D eigenvalue weighted by Crippen LogP contribution is 2.22. The maximum absolute atomic E-state index is 4.88. The minimum absolute atomic E-state index is 0.812. The number of piperidine rings is 2. The van der Waals surface area contributed by atoms with Gasteiger partial charge in [-0.05, 0) is 94.9 Å². The van der Waals surface area contributed by atoms with E-state index in [1.807, 2.05) is 0 Å². The molecule has 36 heavy (non-hydrogen) atoms. The van der Waals surface area contributed by atoms with E-state index in [1.165, 1.54) is 81.5 Å². The molecule has 0 spiro atoms. The van der Waals surface area contributed by atoms with Crippen molar-refractivity contribution in [2.75, 3.05) is 32.7 Å². The van der Waals surface area contributed by atoms with Crippen LogP contribution in [0.2, 0.25) is 0 Å². The Balaban J connectivity index is 1.12. The molecule has 0 amide bonds. The van der Waals surface area contributed by atoms with Crippen molar-refractivity contribution in [1.82, 2.24) is 24.3 Å². The maximum Gasteiger partial charge on any atom is 0.160 e. The fourth-order valence-electron chi connectivity index (χ4n) is 6.07. The Morgan fingerprint density at radius 2 is 1.69 bits per heavy atom. The number of likely N-dealkylation sites (tertiary alicyclic amines) is 2. The lowest BCUT2D eigenvalue weighted by atomic mass is 10.00. The van der Waals surface area contributed by atoms with E-state index in [2.05, 4.69) is 77.6 Å². The van der Waals surface area contributed by atoms with Crippen LogP contribution in [-0.4, -0.2) is 63.1 Å². The molecule has 2 aliphatic heterocycles. The molecule has 5 rings (SSSR count). The van der Waals surface area contributed by atoms with Crippen LogP contribution in [0, 0.1) is 13.8 Å². The number of aromatic nitrogens is 3. The Labute approximate surface area is 217 Å². The summed E-state index contributed by atoms with van der Waals surface area (Å²) in [7, 11) is 0. The summed E-state index contributed by atoms with van der Waals surface area (Å²) in [5.74, 6) is 1.11. The van der Waals surface area contributed by atoms with Gasteiger partial charge in [0.25, 0.3) is 0 Å². The van der Waals surface area contributed by atoms with Crippen LogP contribution < -0.4 is 0 Å². The summed E-state index contributed by atoms with van der Waals surface area (Å²) in [5.41, 5.74) is 6.87. The highest BCUT2D eigenvalue weighted by Gasteiger charge is 2.25. The Morgan fingerprint density at radius 1 is 0.944 bits per heavy atom. The molecule has 0 N–H and O–H groups in total. The van der Waals surface area contributed by atoms with Gasteiger partial charge in [0.1, 0.15) is 11.3 Å². The number of hydrogen-bond donors (Lipinski definition) is 0. The van der Waals surface area contributed by atoms with E-state index in [9.17, 15) is 0 Å². The third-order valence-corrected chi connectivity index (χ3v) is 8.12.